The van der Waals surface area contributed by atoms with Gasteiger partial charge in [0.25, 0.3) is 0 Å². The summed E-state index contributed by atoms with van der Waals surface area (Å²) in [4.78, 5) is 0. The highest BCUT2D eigenvalue weighted by Gasteiger charge is 2.28. The molecule has 1 saturated carbocycles. The maximum Gasteiger partial charge on any atom is 0.0730 e. The molecule has 1 N–H and O–H groups in total. The number of ether oxygens (including phenoxy) is 1. The summed E-state index contributed by atoms with van der Waals surface area (Å²) in [5, 5.41) is 3.37. The van der Waals surface area contributed by atoms with Crippen molar-refractivity contribution in [2.24, 2.45) is 11.8 Å². The number of hydrogen-bond acceptors (Lipinski definition) is 2. The van der Waals surface area contributed by atoms with Crippen LogP contribution < -0.4 is 5.32 Å². The van der Waals surface area contributed by atoms with Crippen molar-refractivity contribution < 1.29 is 4.74 Å². The maximum atomic E-state index is 5.96. The van der Waals surface area contributed by atoms with E-state index < -0.39 is 0 Å². The molecule has 0 bridgehead atoms. The molecule has 1 fully saturated rings. The van der Waals surface area contributed by atoms with Crippen LogP contribution in [0.25, 0.3) is 0 Å². The van der Waals surface area contributed by atoms with E-state index in [0.29, 0.717) is 18.1 Å². The summed E-state index contributed by atoms with van der Waals surface area (Å²) in [5.74, 6) is 1.47. The minimum Gasteiger partial charge on any atom is -0.376 e. The molecule has 0 aromatic carbocycles. The van der Waals surface area contributed by atoms with Crippen molar-refractivity contribution in [1.29, 1.82) is 0 Å². The van der Waals surface area contributed by atoms with E-state index in [9.17, 15) is 0 Å². The maximum absolute atomic E-state index is 5.96. The second-order valence-electron chi connectivity index (χ2n) is 5.08. The van der Waals surface area contributed by atoms with Gasteiger partial charge in [-0.1, -0.05) is 20.8 Å². The van der Waals surface area contributed by atoms with E-state index in [1.807, 2.05) is 7.05 Å². The summed E-state index contributed by atoms with van der Waals surface area (Å²) >= 11 is 0. The van der Waals surface area contributed by atoms with Crippen molar-refractivity contribution >= 4 is 0 Å². The third-order valence-corrected chi connectivity index (χ3v) is 3.07. The van der Waals surface area contributed by atoms with Gasteiger partial charge in [0.05, 0.1) is 6.10 Å². The Balaban J connectivity index is 2.36. The van der Waals surface area contributed by atoms with E-state index in [4.69, 9.17) is 4.74 Å². The van der Waals surface area contributed by atoms with Gasteiger partial charge in [0, 0.05) is 12.6 Å². The highest BCUT2D eigenvalue weighted by Crippen LogP contribution is 2.26. The Bertz CT molecular complexity index is 158. The molecule has 0 amide bonds. The Hall–Kier alpha value is -0.0800. The molecule has 3 unspecified atom stereocenters. The predicted octanol–water partition coefficient (Wildman–Crippen LogP) is 2.44. The molecule has 0 aromatic rings. The van der Waals surface area contributed by atoms with Gasteiger partial charge in [-0.25, -0.2) is 0 Å². The zero-order valence-electron chi connectivity index (χ0n) is 10.0. The minimum atomic E-state index is 0.436. The van der Waals surface area contributed by atoms with Crippen molar-refractivity contribution in [3.8, 4) is 0 Å². The number of likely N-dealkylation sites (N-methyl/N-ethyl adjacent to an activating group) is 1. The Morgan fingerprint density at radius 3 is 2.64 bits per heavy atom. The van der Waals surface area contributed by atoms with Gasteiger partial charge in [0.15, 0.2) is 0 Å². The quantitative estimate of drug-likeness (QED) is 0.751. The lowest BCUT2D eigenvalue weighted by Gasteiger charge is -2.35. The van der Waals surface area contributed by atoms with Crippen molar-refractivity contribution in [3.63, 3.8) is 0 Å². The second-order valence-corrected chi connectivity index (χ2v) is 5.08. The third kappa shape index (κ3) is 3.58. The molecule has 0 saturated heterocycles. The molecule has 1 aliphatic rings. The summed E-state index contributed by atoms with van der Waals surface area (Å²) in [6.45, 7) is 7.65. The molecule has 3 atom stereocenters. The molecule has 0 heterocycles. The first-order chi connectivity index (χ1) is 6.63. The highest BCUT2D eigenvalue weighted by atomic mass is 16.5. The van der Waals surface area contributed by atoms with Crippen LogP contribution in [0.2, 0.25) is 0 Å². The van der Waals surface area contributed by atoms with E-state index >= 15 is 0 Å². The van der Waals surface area contributed by atoms with E-state index in [1.165, 1.54) is 19.3 Å². The fraction of sp³-hybridized carbons (Fsp3) is 1.00. The summed E-state index contributed by atoms with van der Waals surface area (Å²) in [6, 6.07) is 0.574. The summed E-state index contributed by atoms with van der Waals surface area (Å²) in [7, 11) is 2.05. The standard InChI is InChI=1S/C12H25NO/c1-9(2)8-14-12-7-10(3)5-6-11(12)13-4/h9-13H,5-8H2,1-4H3. The van der Waals surface area contributed by atoms with Gasteiger partial charge in [-0.3, -0.25) is 0 Å². The van der Waals surface area contributed by atoms with Gasteiger partial charge in [-0.05, 0) is 38.1 Å². The molecule has 2 heteroatoms. The fourth-order valence-electron chi connectivity index (χ4n) is 2.16. The molecule has 84 valence electrons. The molecule has 2 nitrogen and oxygen atoms in total. The molecular formula is C12H25NO. The van der Waals surface area contributed by atoms with Crippen LogP contribution in [0.1, 0.15) is 40.0 Å². The largest absolute Gasteiger partial charge is 0.376 e. The molecular weight excluding hydrogens is 174 g/mol. The predicted molar refractivity (Wildman–Crippen MR) is 60.4 cm³/mol. The Kier molecular flexibility index (Phi) is 4.90. The van der Waals surface area contributed by atoms with E-state index in [2.05, 4.69) is 26.1 Å². The van der Waals surface area contributed by atoms with E-state index in [-0.39, 0.29) is 0 Å². The SMILES string of the molecule is CNC1CCC(C)CC1OCC(C)C. The summed E-state index contributed by atoms with van der Waals surface area (Å²) < 4.78 is 5.96. The van der Waals surface area contributed by atoms with Crippen LogP contribution in [0.3, 0.4) is 0 Å². The average molecular weight is 199 g/mol. The van der Waals surface area contributed by atoms with Crippen LogP contribution >= 0.6 is 0 Å². The fourth-order valence-corrected chi connectivity index (χ4v) is 2.16. The third-order valence-electron chi connectivity index (χ3n) is 3.07. The van der Waals surface area contributed by atoms with Gasteiger partial charge in [-0.15, -0.1) is 0 Å². The lowest BCUT2D eigenvalue weighted by Crippen LogP contribution is -2.44. The van der Waals surface area contributed by atoms with Crippen LogP contribution in [0.5, 0.6) is 0 Å². The molecule has 14 heavy (non-hydrogen) atoms. The van der Waals surface area contributed by atoms with Crippen molar-refractivity contribution in [1.82, 2.24) is 5.32 Å². The van der Waals surface area contributed by atoms with Crippen LogP contribution in [0, 0.1) is 11.8 Å². The smallest absolute Gasteiger partial charge is 0.0730 e. The van der Waals surface area contributed by atoms with Crippen LogP contribution in [0.4, 0.5) is 0 Å². The normalized spacial score (nSPS) is 33.6. The van der Waals surface area contributed by atoms with Crippen LogP contribution in [-0.4, -0.2) is 25.8 Å². The van der Waals surface area contributed by atoms with Gasteiger partial charge in [0.2, 0.25) is 0 Å². The van der Waals surface area contributed by atoms with E-state index in [0.717, 1.165) is 12.5 Å². The lowest BCUT2D eigenvalue weighted by molar-refractivity contribution is -0.0173. The molecule has 0 aliphatic heterocycles. The van der Waals surface area contributed by atoms with Gasteiger partial charge >= 0.3 is 0 Å². The molecule has 0 radical (unpaired) electrons. The first-order valence-electron chi connectivity index (χ1n) is 5.92. The summed E-state index contributed by atoms with van der Waals surface area (Å²) in [5.41, 5.74) is 0. The van der Waals surface area contributed by atoms with Crippen molar-refractivity contribution in [2.45, 2.75) is 52.2 Å². The average Bonchev–Trinajstić information content (AvgIpc) is 2.15. The van der Waals surface area contributed by atoms with E-state index in [1.54, 1.807) is 0 Å². The minimum absolute atomic E-state index is 0.436. The first-order valence-corrected chi connectivity index (χ1v) is 5.92. The topological polar surface area (TPSA) is 21.3 Å². The van der Waals surface area contributed by atoms with Crippen LogP contribution in [-0.2, 0) is 4.74 Å². The van der Waals surface area contributed by atoms with Gasteiger partial charge in [-0.2, -0.15) is 0 Å². The summed E-state index contributed by atoms with van der Waals surface area (Å²) in [6.07, 6.45) is 4.26. The first kappa shape index (κ1) is 12.0. The van der Waals surface area contributed by atoms with Gasteiger partial charge in [0.1, 0.15) is 0 Å². The molecule has 1 rings (SSSR count). The number of rotatable bonds is 4. The van der Waals surface area contributed by atoms with Gasteiger partial charge < -0.3 is 10.1 Å². The lowest BCUT2D eigenvalue weighted by atomic mass is 9.85. The Labute approximate surface area is 88.4 Å². The molecule has 1 aliphatic carbocycles. The van der Waals surface area contributed by atoms with Crippen molar-refractivity contribution in [2.75, 3.05) is 13.7 Å². The van der Waals surface area contributed by atoms with Crippen molar-refractivity contribution in [3.05, 3.63) is 0 Å². The zero-order chi connectivity index (χ0) is 10.6. The monoisotopic (exact) mass is 199 g/mol. The number of hydrogen-bond donors (Lipinski definition) is 1. The second kappa shape index (κ2) is 5.72. The number of nitrogens with one attached hydrogen (secondary N) is 1. The van der Waals surface area contributed by atoms with Crippen LogP contribution in [0.15, 0.2) is 0 Å². The Morgan fingerprint density at radius 2 is 2.07 bits per heavy atom. The zero-order valence-corrected chi connectivity index (χ0v) is 10.0. The Morgan fingerprint density at radius 1 is 1.36 bits per heavy atom. The highest BCUT2D eigenvalue weighted by molar-refractivity contribution is 4.83. The molecule has 0 aromatic heterocycles. The molecule has 0 spiro atoms.